The van der Waals surface area contributed by atoms with Gasteiger partial charge in [0.1, 0.15) is 9.79 Å². The maximum Gasteiger partial charge on any atom is 0.501 e. The van der Waals surface area contributed by atoms with E-state index in [0.717, 1.165) is 81.7 Å². The van der Waals surface area contributed by atoms with Crippen LogP contribution in [0.1, 0.15) is 61.9 Å². The van der Waals surface area contributed by atoms with E-state index in [4.69, 9.17) is 22.1 Å². The summed E-state index contributed by atoms with van der Waals surface area (Å²) < 4.78 is 104. The molecule has 2 heterocycles. The molecule has 2 fully saturated rings. The van der Waals surface area contributed by atoms with Crippen LogP contribution in [0.15, 0.2) is 111 Å². The van der Waals surface area contributed by atoms with Crippen LogP contribution >= 0.6 is 23.4 Å². The molecule has 0 radical (unpaired) electrons. The van der Waals surface area contributed by atoms with Gasteiger partial charge in [0.15, 0.2) is 0 Å². The number of rotatable bonds is 17. The monoisotopic (exact) mass is 1000 g/mol. The van der Waals surface area contributed by atoms with E-state index >= 15 is 0 Å². The fourth-order valence-corrected chi connectivity index (χ4v) is 12.1. The molecule has 1 unspecified atom stereocenters. The summed E-state index contributed by atoms with van der Waals surface area (Å²) in [7, 11) is -11.1. The van der Waals surface area contributed by atoms with Crippen molar-refractivity contribution in [2.75, 3.05) is 87.3 Å². The molecule has 0 bridgehead atoms. The molecule has 4 aromatic carbocycles. The Labute approximate surface area is 401 Å². The lowest BCUT2D eigenvalue weighted by atomic mass is 9.73. The zero-order valence-corrected chi connectivity index (χ0v) is 40.9. The first-order valence-corrected chi connectivity index (χ1v) is 26.7. The predicted octanol–water partition coefficient (Wildman–Crippen LogP) is 8.81. The summed E-state index contributed by atoms with van der Waals surface area (Å²) >= 11 is 7.62. The number of sulfone groups is 1. The average Bonchev–Trinajstić information content (AvgIpc) is 3.29. The van der Waals surface area contributed by atoms with Crippen molar-refractivity contribution in [2.24, 2.45) is 5.41 Å². The first-order valence-electron chi connectivity index (χ1n) is 22.4. The number of ether oxygens (including phenoxy) is 1. The van der Waals surface area contributed by atoms with Gasteiger partial charge in [-0.05, 0) is 116 Å². The minimum absolute atomic E-state index is 0.0385. The van der Waals surface area contributed by atoms with E-state index in [1.165, 1.54) is 40.6 Å². The van der Waals surface area contributed by atoms with Gasteiger partial charge in [0.2, 0.25) is 0 Å². The molecule has 362 valence electrons. The van der Waals surface area contributed by atoms with Crippen LogP contribution in [0, 0.1) is 5.41 Å². The molecule has 2 saturated heterocycles. The number of nitrogens with zero attached hydrogens (tertiary/aromatic N) is 3. The van der Waals surface area contributed by atoms with E-state index in [1.807, 2.05) is 47.2 Å². The first-order chi connectivity index (χ1) is 31.8. The molecule has 7 rings (SSSR count). The Balaban J connectivity index is 1.03. The molecule has 1 atom stereocenters. The maximum absolute atomic E-state index is 14.3. The highest BCUT2D eigenvalue weighted by atomic mass is 35.5. The van der Waals surface area contributed by atoms with Gasteiger partial charge < -0.3 is 20.7 Å². The maximum atomic E-state index is 14.3. The molecule has 67 heavy (non-hydrogen) atoms. The number of thioether (sulfide) groups is 1. The number of allylic oxidation sites excluding steroid dienone is 1. The highest BCUT2D eigenvalue weighted by molar-refractivity contribution is 7.99. The fourth-order valence-electron chi connectivity index (χ4n) is 8.84. The molecule has 1 aliphatic carbocycles. The summed E-state index contributed by atoms with van der Waals surface area (Å²) in [5, 5.41) is 3.68. The fraction of sp³-hybridized carbons (Fsp3) is 0.438. The van der Waals surface area contributed by atoms with E-state index in [-0.39, 0.29) is 11.0 Å². The molecule has 4 N–H and O–H groups in total. The van der Waals surface area contributed by atoms with Crippen LogP contribution in [0.5, 0.6) is 0 Å². The van der Waals surface area contributed by atoms with Crippen molar-refractivity contribution < 1.29 is 39.5 Å². The zero-order valence-electron chi connectivity index (χ0n) is 37.7. The number of hydrogen-bond donors (Lipinski definition) is 3. The number of nitrogen functional groups attached to an aromatic ring is 1. The number of hydrogen-bond acceptors (Lipinski definition) is 12. The normalized spacial score (nSPS) is 18.1. The molecule has 3 aliphatic rings. The van der Waals surface area contributed by atoms with Crippen molar-refractivity contribution in [3.8, 4) is 0 Å². The van der Waals surface area contributed by atoms with E-state index < -0.39 is 58.5 Å². The number of amides is 1. The number of halogens is 4. The highest BCUT2D eigenvalue weighted by Gasteiger charge is 2.49. The van der Waals surface area contributed by atoms with Crippen molar-refractivity contribution in [1.82, 2.24) is 14.5 Å². The highest BCUT2D eigenvalue weighted by Crippen LogP contribution is 2.43. The van der Waals surface area contributed by atoms with Crippen LogP contribution in [0.4, 0.5) is 30.2 Å². The van der Waals surface area contributed by atoms with E-state index in [2.05, 4.69) is 46.0 Å². The van der Waals surface area contributed by atoms with Crippen molar-refractivity contribution in [1.29, 1.82) is 0 Å². The van der Waals surface area contributed by atoms with Gasteiger partial charge in [-0.1, -0.05) is 61.4 Å². The minimum Gasteiger partial charge on any atom is -0.398 e. The number of benzene rings is 4. The Morgan fingerprint density at radius 1 is 0.881 bits per heavy atom. The SMILES string of the molecule is CC1(C)CCC(c2ccc(Cl)cc2)=C(CN2CCN(c3ccc(C(=O)NS(=O)(=O)c4cc(S(=O)(=O)C(F)(F)F)c(NC(CCCN5CCOCC5)CSc5ccccc5)cc4N)cc3)CC2)C1. The van der Waals surface area contributed by atoms with E-state index in [0.29, 0.717) is 49.4 Å². The smallest absolute Gasteiger partial charge is 0.398 e. The number of morpholine rings is 1. The lowest BCUT2D eigenvalue weighted by Gasteiger charge is -2.39. The minimum atomic E-state index is -6.12. The van der Waals surface area contributed by atoms with Crippen LogP contribution in [0.3, 0.4) is 0 Å². The van der Waals surface area contributed by atoms with Crippen molar-refractivity contribution in [2.45, 2.75) is 72.2 Å². The molecule has 4 aromatic rings. The number of anilines is 3. The molecule has 0 spiro atoms. The number of nitrogens with two attached hydrogens (primary N) is 1. The molecule has 0 saturated carbocycles. The average molecular weight is 1000 g/mol. The second-order valence-electron chi connectivity index (χ2n) is 18.1. The van der Waals surface area contributed by atoms with Crippen molar-refractivity contribution in [3.05, 3.63) is 113 Å². The van der Waals surface area contributed by atoms with Gasteiger partial charge in [0, 0.05) is 78.8 Å². The Hall–Kier alpha value is -4.30. The molecular weight excluding hydrogens is 945 g/mol. The quantitative estimate of drug-likeness (QED) is 0.0685. The number of sulfonamides is 1. The van der Waals surface area contributed by atoms with Gasteiger partial charge >= 0.3 is 5.51 Å². The summed E-state index contributed by atoms with van der Waals surface area (Å²) in [6.45, 7) is 11.9. The number of carbonyl (C=O) groups is 1. The van der Waals surface area contributed by atoms with Gasteiger partial charge in [-0.2, -0.15) is 13.2 Å². The summed E-state index contributed by atoms with van der Waals surface area (Å²) in [4.78, 5) is 18.9. The Morgan fingerprint density at radius 3 is 2.21 bits per heavy atom. The van der Waals surface area contributed by atoms with Crippen molar-refractivity contribution >= 4 is 71.8 Å². The lowest BCUT2D eigenvalue weighted by Crippen LogP contribution is -2.47. The van der Waals surface area contributed by atoms with E-state index in [1.54, 1.807) is 12.1 Å². The second kappa shape index (κ2) is 21.6. The molecule has 19 heteroatoms. The Morgan fingerprint density at radius 2 is 1.55 bits per heavy atom. The third-order valence-electron chi connectivity index (χ3n) is 12.6. The number of alkyl halides is 3. The first kappa shape index (κ1) is 50.6. The molecule has 1 amide bonds. The number of carbonyl (C=O) groups excluding carboxylic acids is 1. The van der Waals surface area contributed by atoms with Crippen LogP contribution in [-0.2, 0) is 24.6 Å². The van der Waals surface area contributed by atoms with Crippen LogP contribution in [-0.4, -0.2) is 115 Å². The summed E-state index contributed by atoms with van der Waals surface area (Å²) in [6.07, 6.45) is 4.21. The second-order valence-corrected chi connectivity index (χ2v) is 23.2. The van der Waals surface area contributed by atoms with Gasteiger partial charge in [-0.3, -0.25) is 14.6 Å². The molecule has 0 aromatic heterocycles. The number of nitrogens with one attached hydrogen (secondary N) is 2. The van der Waals surface area contributed by atoms with Gasteiger partial charge in [-0.25, -0.2) is 21.6 Å². The van der Waals surface area contributed by atoms with Crippen LogP contribution < -0.4 is 20.7 Å². The third kappa shape index (κ3) is 13.1. The summed E-state index contributed by atoms with van der Waals surface area (Å²) in [5.74, 6) is -0.732. The Kier molecular flexibility index (Phi) is 16.3. The Bertz CT molecular complexity index is 2610. The van der Waals surface area contributed by atoms with Gasteiger partial charge in [-0.15, -0.1) is 11.8 Å². The lowest BCUT2D eigenvalue weighted by molar-refractivity contribution is -0.0435. The van der Waals surface area contributed by atoms with Crippen LogP contribution in [0.2, 0.25) is 5.02 Å². The summed E-state index contributed by atoms with van der Waals surface area (Å²) in [6, 6.07) is 24.4. The number of piperazine rings is 1. The molecule has 12 nitrogen and oxygen atoms in total. The standard InChI is InChI=1S/C48H58ClF3N6O6S3/c1-47(2)19-18-41(34-10-14-37(49)15-11-34)36(31-47)32-57-21-23-58(24-22-57)39-16-12-35(13-17-39)46(59)55-67(62,63)44-30-45(66(60,61)48(50,51)52)43(29-42(44)53)54-38(33-65-40-8-4-3-5-9-40)7-6-20-56-25-27-64-28-26-56/h3-5,8-17,29-30,38,54H,6-7,18-28,31-33,53H2,1-2H3,(H,55,59). The molecular formula is C48H58ClF3N6O6S3. The summed E-state index contributed by atoms with van der Waals surface area (Å²) in [5.41, 5.74) is 4.42. The molecule has 2 aliphatic heterocycles. The third-order valence-corrected chi connectivity index (χ3v) is 16.9. The predicted molar refractivity (Wildman–Crippen MR) is 261 cm³/mol. The zero-order chi connectivity index (χ0) is 48.0. The van der Waals surface area contributed by atoms with Crippen LogP contribution in [0.25, 0.3) is 5.57 Å². The largest absolute Gasteiger partial charge is 0.501 e. The van der Waals surface area contributed by atoms with Gasteiger partial charge in [0.05, 0.1) is 24.6 Å². The topological polar surface area (TPSA) is 154 Å². The van der Waals surface area contributed by atoms with Gasteiger partial charge in [0.25, 0.3) is 25.8 Å². The van der Waals surface area contributed by atoms with E-state index in [9.17, 15) is 34.8 Å². The van der Waals surface area contributed by atoms with Crippen molar-refractivity contribution in [3.63, 3.8) is 0 Å².